The van der Waals surface area contributed by atoms with Gasteiger partial charge in [0, 0.05) is 5.39 Å². The number of phenols is 1. The van der Waals surface area contributed by atoms with Gasteiger partial charge >= 0.3 is 0 Å². The molecule has 1 heterocycles. The van der Waals surface area contributed by atoms with E-state index in [0.717, 1.165) is 10.1 Å². The molecular formula is C9H5NOS. The Morgan fingerprint density at radius 3 is 2.92 bits per heavy atom. The van der Waals surface area contributed by atoms with E-state index in [0.29, 0.717) is 5.56 Å². The molecule has 58 valence electrons. The van der Waals surface area contributed by atoms with Crippen molar-refractivity contribution in [3.05, 3.63) is 29.1 Å². The third-order valence-corrected chi connectivity index (χ3v) is 2.66. The molecule has 12 heavy (non-hydrogen) atoms. The van der Waals surface area contributed by atoms with Gasteiger partial charge < -0.3 is 5.11 Å². The molecule has 0 atom stereocenters. The molecule has 0 aliphatic rings. The lowest BCUT2D eigenvalue weighted by atomic mass is 10.2. The van der Waals surface area contributed by atoms with E-state index < -0.39 is 0 Å². The summed E-state index contributed by atoms with van der Waals surface area (Å²) in [6.07, 6.45) is 0. The molecule has 1 aromatic heterocycles. The molecule has 2 aromatic rings. The highest BCUT2D eigenvalue weighted by Crippen LogP contribution is 2.31. The second-order valence-corrected chi connectivity index (χ2v) is 3.32. The Labute approximate surface area is 73.3 Å². The van der Waals surface area contributed by atoms with Crippen molar-refractivity contribution >= 4 is 21.4 Å². The maximum atomic E-state index is 9.38. The van der Waals surface area contributed by atoms with E-state index in [1.807, 2.05) is 11.4 Å². The van der Waals surface area contributed by atoms with Gasteiger partial charge in [0.15, 0.2) is 0 Å². The summed E-state index contributed by atoms with van der Waals surface area (Å²) in [5.41, 5.74) is 0.623. The molecular weight excluding hydrogens is 170 g/mol. The molecule has 0 saturated heterocycles. The molecule has 0 saturated carbocycles. The molecule has 0 bridgehead atoms. The molecule has 0 radical (unpaired) electrons. The molecule has 2 nitrogen and oxygen atoms in total. The highest BCUT2D eigenvalue weighted by Gasteiger charge is 2.04. The number of hydrogen-bond acceptors (Lipinski definition) is 3. The van der Waals surface area contributed by atoms with Crippen LogP contribution in [0.1, 0.15) is 5.56 Å². The predicted molar refractivity (Wildman–Crippen MR) is 48.2 cm³/mol. The number of nitriles is 1. The standard InChI is InChI=1S/C9H5NOS/c10-5-6-1-2-8(11)7-3-4-12-9(6)7/h1-4,11H. The van der Waals surface area contributed by atoms with Crippen LogP contribution in [0.3, 0.4) is 0 Å². The summed E-state index contributed by atoms with van der Waals surface area (Å²) < 4.78 is 0.859. The smallest absolute Gasteiger partial charge is 0.124 e. The summed E-state index contributed by atoms with van der Waals surface area (Å²) in [4.78, 5) is 0. The molecule has 0 aliphatic heterocycles. The average Bonchev–Trinajstić information content (AvgIpc) is 2.54. The lowest BCUT2D eigenvalue weighted by Crippen LogP contribution is -1.73. The fourth-order valence-corrected chi connectivity index (χ4v) is 2.02. The van der Waals surface area contributed by atoms with Crippen LogP contribution < -0.4 is 0 Å². The Morgan fingerprint density at radius 1 is 1.33 bits per heavy atom. The highest BCUT2D eigenvalue weighted by molar-refractivity contribution is 7.17. The number of fused-ring (bicyclic) bond motifs is 1. The zero-order valence-corrected chi connectivity index (χ0v) is 6.93. The van der Waals surface area contributed by atoms with Crippen LogP contribution in [-0.2, 0) is 0 Å². The predicted octanol–water partition coefficient (Wildman–Crippen LogP) is 2.48. The zero-order chi connectivity index (χ0) is 8.55. The van der Waals surface area contributed by atoms with Gasteiger partial charge in [0.05, 0.1) is 10.3 Å². The largest absolute Gasteiger partial charge is 0.507 e. The Hall–Kier alpha value is -1.53. The van der Waals surface area contributed by atoms with Gasteiger partial charge in [-0.15, -0.1) is 11.3 Å². The summed E-state index contributed by atoms with van der Waals surface area (Å²) in [6, 6.07) is 7.08. The van der Waals surface area contributed by atoms with E-state index in [4.69, 9.17) is 5.26 Å². The van der Waals surface area contributed by atoms with Crippen molar-refractivity contribution in [3.8, 4) is 11.8 Å². The number of phenolic OH excluding ortho intramolecular Hbond substituents is 1. The van der Waals surface area contributed by atoms with Crippen LogP contribution in [0.2, 0.25) is 0 Å². The Morgan fingerprint density at radius 2 is 2.17 bits per heavy atom. The second-order valence-electron chi connectivity index (χ2n) is 2.41. The van der Waals surface area contributed by atoms with Crippen molar-refractivity contribution < 1.29 is 5.11 Å². The molecule has 0 fully saturated rings. The Kier molecular flexibility index (Phi) is 1.49. The number of aromatic hydroxyl groups is 1. The maximum absolute atomic E-state index is 9.38. The van der Waals surface area contributed by atoms with Crippen LogP contribution in [0.5, 0.6) is 5.75 Å². The van der Waals surface area contributed by atoms with Crippen molar-refractivity contribution in [1.29, 1.82) is 5.26 Å². The summed E-state index contributed by atoms with van der Waals surface area (Å²) in [5, 5.41) is 20.7. The Bertz CT molecular complexity index is 467. The summed E-state index contributed by atoms with van der Waals surface area (Å²) in [5.74, 6) is 0.241. The van der Waals surface area contributed by atoms with E-state index >= 15 is 0 Å². The normalized spacial score (nSPS) is 9.92. The van der Waals surface area contributed by atoms with E-state index in [9.17, 15) is 5.11 Å². The average molecular weight is 175 g/mol. The third-order valence-electron chi connectivity index (χ3n) is 1.71. The van der Waals surface area contributed by atoms with Crippen molar-refractivity contribution in [2.45, 2.75) is 0 Å². The number of benzene rings is 1. The molecule has 1 N–H and O–H groups in total. The molecule has 0 unspecified atom stereocenters. The zero-order valence-electron chi connectivity index (χ0n) is 6.11. The lowest BCUT2D eigenvalue weighted by molar-refractivity contribution is 0.482. The number of hydrogen-bond donors (Lipinski definition) is 1. The molecule has 3 heteroatoms. The van der Waals surface area contributed by atoms with Crippen LogP contribution in [0.15, 0.2) is 23.6 Å². The second kappa shape index (κ2) is 2.50. The van der Waals surface area contributed by atoms with Crippen molar-refractivity contribution in [3.63, 3.8) is 0 Å². The quantitative estimate of drug-likeness (QED) is 0.668. The van der Waals surface area contributed by atoms with Gasteiger partial charge in [-0.25, -0.2) is 0 Å². The van der Waals surface area contributed by atoms with Gasteiger partial charge in [0.25, 0.3) is 0 Å². The molecule has 0 aliphatic carbocycles. The first-order valence-electron chi connectivity index (χ1n) is 3.42. The van der Waals surface area contributed by atoms with E-state index in [1.54, 1.807) is 12.1 Å². The van der Waals surface area contributed by atoms with Crippen LogP contribution in [0.25, 0.3) is 10.1 Å². The Balaban J connectivity index is 2.94. The van der Waals surface area contributed by atoms with Crippen LogP contribution in [-0.4, -0.2) is 5.11 Å². The molecule has 0 amide bonds. The van der Waals surface area contributed by atoms with E-state index in [2.05, 4.69) is 6.07 Å². The van der Waals surface area contributed by atoms with Gasteiger partial charge in [-0.2, -0.15) is 5.26 Å². The minimum Gasteiger partial charge on any atom is -0.507 e. The number of rotatable bonds is 0. The first kappa shape index (κ1) is 7.14. The monoisotopic (exact) mass is 175 g/mol. The fraction of sp³-hybridized carbons (Fsp3) is 0. The van der Waals surface area contributed by atoms with Gasteiger partial charge in [-0.1, -0.05) is 0 Å². The first-order valence-corrected chi connectivity index (χ1v) is 4.30. The summed E-state index contributed by atoms with van der Waals surface area (Å²) >= 11 is 1.47. The fourth-order valence-electron chi connectivity index (χ4n) is 1.14. The topological polar surface area (TPSA) is 44.0 Å². The van der Waals surface area contributed by atoms with Crippen molar-refractivity contribution in [1.82, 2.24) is 0 Å². The van der Waals surface area contributed by atoms with Crippen LogP contribution in [0, 0.1) is 11.3 Å². The first-order chi connectivity index (χ1) is 5.83. The van der Waals surface area contributed by atoms with Gasteiger partial charge in [-0.05, 0) is 23.6 Å². The molecule has 1 aromatic carbocycles. The SMILES string of the molecule is N#Cc1ccc(O)c2ccsc12. The molecule has 0 spiro atoms. The van der Waals surface area contributed by atoms with Gasteiger partial charge in [-0.3, -0.25) is 0 Å². The third kappa shape index (κ3) is 0.858. The number of nitrogens with zero attached hydrogens (tertiary/aromatic N) is 1. The number of thiophene rings is 1. The maximum Gasteiger partial charge on any atom is 0.124 e. The minimum absolute atomic E-state index is 0.241. The highest BCUT2D eigenvalue weighted by atomic mass is 32.1. The van der Waals surface area contributed by atoms with E-state index in [-0.39, 0.29) is 5.75 Å². The lowest BCUT2D eigenvalue weighted by Gasteiger charge is -1.94. The van der Waals surface area contributed by atoms with Crippen molar-refractivity contribution in [2.75, 3.05) is 0 Å². The summed E-state index contributed by atoms with van der Waals surface area (Å²) in [7, 11) is 0. The van der Waals surface area contributed by atoms with Crippen molar-refractivity contribution in [2.24, 2.45) is 0 Å². The van der Waals surface area contributed by atoms with Gasteiger partial charge in [0.2, 0.25) is 0 Å². The minimum atomic E-state index is 0.241. The summed E-state index contributed by atoms with van der Waals surface area (Å²) in [6.45, 7) is 0. The van der Waals surface area contributed by atoms with E-state index in [1.165, 1.54) is 11.3 Å². The van der Waals surface area contributed by atoms with Crippen LogP contribution >= 0.6 is 11.3 Å². The molecule has 2 rings (SSSR count). The van der Waals surface area contributed by atoms with Gasteiger partial charge in [0.1, 0.15) is 11.8 Å². The van der Waals surface area contributed by atoms with Crippen LogP contribution in [0.4, 0.5) is 0 Å².